The fraction of sp³-hybridized carbons (Fsp3) is 0.364. The van der Waals surface area contributed by atoms with E-state index in [9.17, 15) is 18.5 Å². The second kappa shape index (κ2) is 8.09. The van der Waals surface area contributed by atoms with Gasteiger partial charge in [0.05, 0.1) is 17.0 Å². The smallest absolute Gasteiger partial charge is 0.244 e. The van der Waals surface area contributed by atoms with Gasteiger partial charge in [0.2, 0.25) is 15.9 Å². The lowest BCUT2D eigenvalue weighted by Crippen LogP contribution is -2.53. The van der Waals surface area contributed by atoms with Crippen LogP contribution in [0.15, 0.2) is 53.4 Å². The van der Waals surface area contributed by atoms with Crippen molar-refractivity contribution in [1.29, 1.82) is 5.26 Å². The topological polar surface area (TPSA) is 84.7 Å². The number of nitrogens with zero attached hydrogens (tertiary/aromatic N) is 4. The summed E-state index contributed by atoms with van der Waals surface area (Å²) in [4.78, 5) is 16.8. The van der Waals surface area contributed by atoms with Crippen LogP contribution < -0.4 is 4.90 Å². The van der Waals surface area contributed by atoms with Crippen molar-refractivity contribution in [2.45, 2.75) is 24.3 Å². The van der Waals surface area contributed by atoms with Gasteiger partial charge in [0.25, 0.3) is 0 Å². The zero-order chi connectivity index (χ0) is 21.3. The zero-order valence-corrected chi connectivity index (χ0v) is 17.7. The van der Waals surface area contributed by atoms with E-state index in [0.29, 0.717) is 19.6 Å². The largest absolute Gasteiger partial charge is 0.359 e. The van der Waals surface area contributed by atoms with Crippen molar-refractivity contribution in [2.24, 2.45) is 0 Å². The van der Waals surface area contributed by atoms with E-state index in [1.54, 1.807) is 17.0 Å². The zero-order valence-electron chi connectivity index (χ0n) is 16.9. The Kier molecular flexibility index (Phi) is 5.50. The SMILES string of the molecule is CC1Cc2ccccc2N1CC(=O)N1CCN(S(=O)(=O)c2ccccc2C#N)CC1. The van der Waals surface area contributed by atoms with Crippen LogP contribution in [0.5, 0.6) is 0 Å². The number of para-hydroxylation sites is 1. The first-order chi connectivity index (χ1) is 14.4. The number of amides is 1. The number of fused-ring (bicyclic) bond motifs is 1. The number of hydrogen-bond donors (Lipinski definition) is 0. The van der Waals surface area contributed by atoms with Crippen LogP contribution in [-0.4, -0.2) is 62.3 Å². The third-order valence-electron chi connectivity index (χ3n) is 5.87. The van der Waals surface area contributed by atoms with E-state index in [4.69, 9.17) is 0 Å². The molecule has 1 amide bonds. The Bertz CT molecular complexity index is 1100. The molecule has 2 aliphatic rings. The number of benzene rings is 2. The standard InChI is InChI=1S/C22H24N4O3S/c1-17-14-18-6-2-4-8-20(18)26(17)16-22(27)24-10-12-25(13-11-24)30(28,29)21-9-5-3-7-19(21)15-23/h2-9,17H,10-14,16H2,1H3. The number of carbonyl (C=O) groups excluding carboxylic acids is 1. The summed E-state index contributed by atoms with van der Waals surface area (Å²) in [6.07, 6.45) is 0.924. The summed E-state index contributed by atoms with van der Waals surface area (Å²) in [5, 5.41) is 9.23. The third-order valence-corrected chi connectivity index (χ3v) is 7.83. The van der Waals surface area contributed by atoms with Gasteiger partial charge in [-0.2, -0.15) is 9.57 Å². The van der Waals surface area contributed by atoms with E-state index in [-0.39, 0.29) is 35.5 Å². The Morgan fingerprint density at radius 1 is 1.07 bits per heavy atom. The first-order valence-electron chi connectivity index (χ1n) is 10.0. The molecule has 30 heavy (non-hydrogen) atoms. The van der Waals surface area contributed by atoms with Crippen LogP contribution >= 0.6 is 0 Å². The van der Waals surface area contributed by atoms with Crippen molar-refractivity contribution < 1.29 is 13.2 Å². The third kappa shape index (κ3) is 3.66. The number of nitriles is 1. The minimum Gasteiger partial charge on any atom is -0.359 e. The molecule has 0 radical (unpaired) electrons. The van der Waals surface area contributed by atoms with E-state index in [1.807, 2.05) is 24.3 Å². The van der Waals surface area contributed by atoms with Crippen LogP contribution in [-0.2, 0) is 21.2 Å². The highest BCUT2D eigenvalue weighted by Crippen LogP contribution is 2.31. The molecule has 1 saturated heterocycles. The average Bonchev–Trinajstić information content (AvgIpc) is 3.08. The molecule has 2 aromatic rings. The Balaban J connectivity index is 1.41. The van der Waals surface area contributed by atoms with Crippen molar-refractivity contribution in [3.63, 3.8) is 0 Å². The molecule has 0 bridgehead atoms. The number of anilines is 1. The second-order valence-electron chi connectivity index (χ2n) is 7.70. The fourth-order valence-corrected chi connectivity index (χ4v) is 5.78. The molecule has 0 N–H and O–H groups in total. The summed E-state index contributed by atoms with van der Waals surface area (Å²) in [7, 11) is -3.76. The van der Waals surface area contributed by atoms with E-state index >= 15 is 0 Å². The van der Waals surface area contributed by atoms with Gasteiger partial charge in [-0.05, 0) is 37.1 Å². The number of rotatable bonds is 4. The number of hydrogen-bond acceptors (Lipinski definition) is 5. The maximum absolute atomic E-state index is 13.0. The van der Waals surface area contributed by atoms with Crippen LogP contribution in [0.3, 0.4) is 0 Å². The van der Waals surface area contributed by atoms with Crippen LogP contribution in [0.4, 0.5) is 5.69 Å². The molecule has 2 heterocycles. The molecule has 2 aromatic carbocycles. The molecule has 1 fully saturated rings. The Morgan fingerprint density at radius 2 is 1.73 bits per heavy atom. The summed E-state index contributed by atoms with van der Waals surface area (Å²) in [5.41, 5.74) is 2.50. The Hall–Kier alpha value is -2.89. The van der Waals surface area contributed by atoms with E-state index < -0.39 is 10.0 Å². The Morgan fingerprint density at radius 3 is 2.47 bits per heavy atom. The van der Waals surface area contributed by atoms with Crippen molar-refractivity contribution in [1.82, 2.24) is 9.21 Å². The van der Waals surface area contributed by atoms with Crippen molar-refractivity contribution in [3.8, 4) is 6.07 Å². The Labute approximate surface area is 177 Å². The molecular weight excluding hydrogens is 400 g/mol. The van der Waals surface area contributed by atoms with Crippen LogP contribution in [0.2, 0.25) is 0 Å². The highest BCUT2D eigenvalue weighted by molar-refractivity contribution is 7.89. The van der Waals surface area contributed by atoms with E-state index in [2.05, 4.69) is 17.9 Å². The lowest BCUT2D eigenvalue weighted by Gasteiger charge is -2.35. The van der Waals surface area contributed by atoms with Gasteiger partial charge in [0.1, 0.15) is 6.07 Å². The normalized spacial score (nSPS) is 19.4. The minimum absolute atomic E-state index is 0.00743. The average molecular weight is 425 g/mol. The molecule has 156 valence electrons. The first kappa shape index (κ1) is 20.4. The summed E-state index contributed by atoms with van der Waals surface area (Å²) in [6, 6.07) is 16.6. The van der Waals surface area contributed by atoms with Crippen LogP contribution in [0.25, 0.3) is 0 Å². The van der Waals surface area contributed by atoms with Crippen LogP contribution in [0, 0.1) is 11.3 Å². The molecule has 1 atom stereocenters. The van der Waals surface area contributed by atoms with Gasteiger partial charge in [-0.15, -0.1) is 0 Å². The summed E-state index contributed by atoms with van der Waals surface area (Å²) in [5.74, 6) is 0.00743. The van der Waals surface area contributed by atoms with Crippen LogP contribution in [0.1, 0.15) is 18.1 Å². The number of sulfonamides is 1. The maximum atomic E-state index is 13.0. The molecule has 0 saturated carbocycles. The van der Waals surface area contributed by atoms with Gasteiger partial charge in [0, 0.05) is 37.9 Å². The highest BCUT2D eigenvalue weighted by Gasteiger charge is 2.33. The molecule has 0 aromatic heterocycles. The highest BCUT2D eigenvalue weighted by atomic mass is 32.2. The summed E-state index contributed by atoms with van der Waals surface area (Å²) in [6.45, 7) is 3.54. The van der Waals surface area contributed by atoms with Crippen molar-refractivity contribution >= 4 is 21.6 Å². The monoisotopic (exact) mass is 424 g/mol. The number of piperazine rings is 1. The first-order valence-corrected chi connectivity index (χ1v) is 11.5. The quantitative estimate of drug-likeness (QED) is 0.748. The van der Waals surface area contributed by atoms with Gasteiger partial charge in [-0.25, -0.2) is 8.42 Å². The van der Waals surface area contributed by atoms with Gasteiger partial charge >= 0.3 is 0 Å². The van der Waals surface area contributed by atoms with Gasteiger partial charge in [-0.3, -0.25) is 4.79 Å². The van der Waals surface area contributed by atoms with Gasteiger partial charge in [0.15, 0.2) is 0 Å². The van der Waals surface area contributed by atoms with Crippen molar-refractivity contribution in [2.75, 3.05) is 37.6 Å². The number of carbonyl (C=O) groups is 1. The van der Waals surface area contributed by atoms with Gasteiger partial charge < -0.3 is 9.80 Å². The molecule has 4 rings (SSSR count). The maximum Gasteiger partial charge on any atom is 0.244 e. The molecule has 1 unspecified atom stereocenters. The molecule has 0 spiro atoms. The lowest BCUT2D eigenvalue weighted by molar-refractivity contribution is -0.130. The fourth-order valence-electron chi connectivity index (χ4n) is 4.22. The van der Waals surface area contributed by atoms with E-state index in [0.717, 1.165) is 12.1 Å². The molecule has 0 aliphatic carbocycles. The lowest BCUT2D eigenvalue weighted by atomic mass is 10.1. The molecule has 7 nitrogen and oxygen atoms in total. The second-order valence-corrected chi connectivity index (χ2v) is 9.61. The predicted octanol–water partition coefficient (Wildman–Crippen LogP) is 1.84. The minimum atomic E-state index is -3.76. The molecule has 8 heteroatoms. The molecular formula is C22H24N4O3S. The van der Waals surface area contributed by atoms with Crippen molar-refractivity contribution in [3.05, 3.63) is 59.7 Å². The van der Waals surface area contributed by atoms with Gasteiger partial charge in [-0.1, -0.05) is 30.3 Å². The summed E-state index contributed by atoms with van der Waals surface area (Å²) >= 11 is 0. The predicted molar refractivity (Wildman–Crippen MR) is 113 cm³/mol. The molecule has 2 aliphatic heterocycles. The summed E-state index contributed by atoms with van der Waals surface area (Å²) < 4.78 is 27.3. The van der Waals surface area contributed by atoms with E-state index in [1.165, 1.54) is 22.0 Å².